The van der Waals surface area contributed by atoms with Crippen LogP contribution >= 0.6 is 0 Å². The lowest BCUT2D eigenvalue weighted by molar-refractivity contribution is -0.131. The lowest BCUT2D eigenvalue weighted by Crippen LogP contribution is -2.58. The van der Waals surface area contributed by atoms with Gasteiger partial charge in [0.15, 0.2) is 0 Å². The van der Waals surface area contributed by atoms with Crippen molar-refractivity contribution in [1.82, 2.24) is 0 Å². The van der Waals surface area contributed by atoms with Gasteiger partial charge in [-0.05, 0) is 111 Å². The normalized spacial score (nSPS) is 51.6. The van der Waals surface area contributed by atoms with Crippen LogP contribution in [0.25, 0.3) is 0 Å². The molecule has 4 aliphatic carbocycles. The summed E-state index contributed by atoms with van der Waals surface area (Å²) in [5.41, 5.74) is 2.50. The average Bonchev–Trinajstić information content (AvgIpc) is 3.26. The summed E-state index contributed by atoms with van der Waals surface area (Å²) in [4.78, 5) is 0. The van der Waals surface area contributed by atoms with Crippen LogP contribution in [0.4, 0.5) is 0 Å². The molecule has 0 aromatic rings. The molecule has 4 fully saturated rings. The number of hydrogen-bond acceptors (Lipinski definition) is 3. The maximum atomic E-state index is 10.9. The molecule has 0 aromatic carbocycles. The lowest BCUT2D eigenvalue weighted by Gasteiger charge is -2.64. The van der Waals surface area contributed by atoms with Crippen LogP contribution in [-0.4, -0.2) is 34.1 Å². The van der Waals surface area contributed by atoms with Gasteiger partial charge in [0.25, 0.3) is 0 Å². The number of hydrogen-bond donors (Lipinski definition) is 2. The molecule has 3 saturated carbocycles. The summed E-state index contributed by atoms with van der Waals surface area (Å²) >= 11 is 0. The van der Waals surface area contributed by atoms with E-state index in [4.69, 9.17) is 4.74 Å². The smallest absolute Gasteiger partial charge is 0.113 e. The highest BCUT2D eigenvalue weighted by molar-refractivity contribution is 5.33. The lowest BCUT2D eigenvalue weighted by atomic mass is 9.41. The quantitative estimate of drug-likeness (QED) is 0.372. The first-order valence-corrected chi connectivity index (χ1v) is 13.9. The van der Waals surface area contributed by atoms with Crippen molar-refractivity contribution in [3.63, 3.8) is 0 Å². The van der Waals surface area contributed by atoms with E-state index in [9.17, 15) is 10.2 Å². The summed E-state index contributed by atoms with van der Waals surface area (Å²) in [6, 6.07) is 0. The number of ether oxygens (including phenoxy) is 1. The molecule has 0 radical (unpaired) electrons. The molecule has 1 heterocycles. The fourth-order valence-corrected chi connectivity index (χ4v) is 10.2. The Labute approximate surface area is 202 Å². The van der Waals surface area contributed by atoms with Crippen LogP contribution in [-0.2, 0) is 4.74 Å². The van der Waals surface area contributed by atoms with Crippen molar-refractivity contribution in [2.24, 2.45) is 45.3 Å². The molecular formula is C30H50O3. The molecule has 1 aliphatic heterocycles. The predicted molar refractivity (Wildman–Crippen MR) is 134 cm³/mol. The van der Waals surface area contributed by atoms with Crippen LogP contribution < -0.4 is 0 Å². The first kappa shape index (κ1) is 24.3. The second kappa shape index (κ2) is 7.32. The Morgan fingerprint density at radius 2 is 1.67 bits per heavy atom. The summed E-state index contributed by atoms with van der Waals surface area (Å²) in [5.74, 6) is 2.42. The van der Waals surface area contributed by atoms with Crippen molar-refractivity contribution in [1.29, 1.82) is 0 Å². The van der Waals surface area contributed by atoms with Crippen LogP contribution in [0, 0.1) is 45.3 Å². The summed E-state index contributed by atoms with van der Waals surface area (Å²) < 4.78 is 5.76. The third kappa shape index (κ3) is 3.23. The highest BCUT2D eigenvalue weighted by atomic mass is 16.6. The van der Waals surface area contributed by atoms with E-state index in [0.717, 1.165) is 19.3 Å². The fourth-order valence-electron chi connectivity index (χ4n) is 10.2. The molecule has 33 heavy (non-hydrogen) atoms. The minimum absolute atomic E-state index is 0.00178. The highest BCUT2D eigenvalue weighted by Gasteiger charge is 2.65. The van der Waals surface area contributed by atoms with Gasteiger partial charge in [-0.15, -0.1) is 0 Å². The van der Waals surface area contributed by atoms with Gasteiger partial charge in [-0.2, -0.15) is 0 Å². The topological polar surface area (TPSA) is 53.0 Å². The maximum Gasteiger partial charge on any atom is 0.113 e. The number of aliphatic hydroxyl groups is 2. The molecule has 0 bridgehead atoms. The zero-order chi connectivity index (χ0) is 24.2. The number of allylic oxidation sites excluding steroid dienone is 2. The van der Waals surface area contributed by atoms with Crippen molar-refractivity contribution in [2.75, 3.05) is 0 Å². The number of fused-ring (bicyclic) bond motifs is 5. The van der Waals surface area contributed by atoms with Crippen LogP contribution in [0.5, 0.6) is 0 Å². The number of aliphatic hydroxyl groups excluding tert-OH is 2. The van der Waals surface area contributed by atoms with Crippen molar-refractivity contribution >= 4 is 0 Å². The standard InChI is InChI=1S/C30H50O3/c1-18(17-22(31)25-27(4,5)33-25)19-11-15-30(8)21-9-10-23-26(2,3)24(32)13-14-28(23,6)20(21)12-16-29(19,30)7/h9,18-20,22-25,31-32H,10-17H2,1-8H3/t18?,19-,20-,22?,23-,24?,25?,28+,29-,30+/m0/s1. The molecule has 0 amide bonds. The molecule has 3 heteroatoms. The van der Waals surface area contributed by atoms with Gasteiger partial charge in [-0.25, -0.2) is 0 Å². The summed E-state index contributed by atoms with van der Waals surface area (Å²) in [5, 5.41) is 21.7. The van der Waals surface area contributed by atoms with Gasteiger partial charge in [-0.1, -0.05) is 53.2 Å². The van der Waals surface area contributed by atoms with Gasteiger partial charge in [0, 0.05) is 0 Å². The maximum absolute atomic E-state index is 10.9. The van der Waals surface area contributed by atoms with Gasteiger partial charge in [0.1, 0.15) is 6.10 Å². The van der Waals surface area contributed by atoms with E-state index in [1.165, 1.54) is 32.1 Å². The van der Waals surface area contributed by atoms with E-state index in [1.807, 2.05) is 0 Å². The molecule has 5 rings (SSSR count). The van der Waals surface area contributed by atoms with E-state index in [1.54, 1.807) is 5.57 Å². The Bertz CT molecular complexity index is 828. The minimum atomic E-state index is -0.341. The second-order valence-electron chi connectivity index (χ2n) is 14.7. The van der Waals surface area contributed by atoms with Gasteiger partial charge >= 0.3 is 0 Å². The van der Waals surface area contributed by atoms with E-state index in [-0.39, 0.29) is 34.7 Å². The highest BCUT2D eigenvalue weighted by Crippen LogP contribution is 2.73. The zero-order valence-corrected chi connectivity index (χ0v) is 22.6. The Kier molecular flexibility index (Phi) is 5.40. The third-order valence-corrected chi connectivity index (χ3v) is 12.6. The predicted octanol–water partition coefficient (Wildman–Crippen LogP) is 6.52. The van der Waals surface area contributed by atoms with Crippen molar-refractivity contribution in [3.05, 3.63) is 11.6 Å². The molecule has 10 atom stereocenters. The Morgan fingerprint density at radius 3 is 2.30 bits per heavy atom. The molecule has 3 nitrogen and oxygen atoms in total. The Morgan fingerprint density at radius 1 is 1.00 bits per heavy atom. The van der Waals surface area contributed by atoms with Crippen LogP contribution in [0.2, 0.25) is 0 Å². The molecule has 0 spiro atoms. The van der Waals surface area contributed by atoms with Crippen molar-refractivity contribution in [3.8, 4) is 0 Å². The third-order valence-electron chi connectivity index (χ3n) is 12.6. The SMILES string of the molecule is CC(CC(O)C1OC1(C)C)[C@@H]1CC[C@]2(C)C3=CC[C@H]4C(C)(C)C(O)CC[C@]4(C)[C@H]3CC[C@@]12C. The number of rotatable bonds is 4. The van der Waals surface area contributed by atoms with Gasteiger partial charge < -0.3 is 14.9 Å². The van der Waals surface area contributed by atoms with Crippen LogP contribution in [0.1, 0.15) is 107 Å². The molecule has 2 N–H and O–H groups in total. The first-order valence-electron chi connectivity index (χ1n) is 13.9. The number of epoxide rings is 1. The Hall–Kier alpha value is -0.380. The monoisotopic (exact) mass is 458 g/mol. The Balaban J connectivity index is 1.40. The molecule has 4 unspecified atom stereocenters. The molecule has 0 aromatic heterocycles. The first-order chi connectivity index (χ1) is 15.2. The molecule has 188 valence electrons. The summed E-state index contributed by atoms with van der Waals surface area (Å²) in [6.45, 7) is 19.0. The van der Waals surface area contributed by atoms with E-state index in [0.29, 0.717) is 34.5 Å². The minimum Gasteiger partial charge on any atom is -0.393 e. The van der Waals surface area contributed by atoms with Gasteiger partial charge in [0.2, 0.25) is 0 Å². The van der Waals surface area contributed by atoms with Crippen molar-refractivity contribution in [2.45, 2.75) is 131 Å². The average molecular weight is 459 g/mol. The van der Waals surface area contributed by atoms with Crippen molar-refractivity contribution < 1.29 is 14.9 Å². The fraction of sp³-hybridized carbons (Fsp3) is 0.933. The van der Waals surface area contributed by atoms with Gasteiger partial charge in [0.05, 0.1) is 17.8 Å². The summed E-state index contributed by atoms with van der Waals surface area (Å²) in [6.07, 6.45) is 11.4. The van der Waals surface area contributed by atoms with E-state index < -0.39 is 0 Å². The van der Waals surface area contributed by atoms with E-state index in [2.05, 4.69) is 61.5 Å². The largest absolute Gasteiger partial charge is 0.393 e. The second-order valence-corrected chi connectivity index (χ2v) is 14.7. The molecule has 1 saturated heterocycles. The van der Waals surface area contributed by atoms with E-state index >= 15 is 0 Å². The van der Waals surface area contributed by atoms with Crippen LogP contribution in [0.15, 0.2) is 11.6 Å². The zero-order valence-electron chi connectivity index (χ0n) is 22.6. The summed E-state index contributed by atoms with van der Waals surface area (Å²) in [7, 11) is 0. The molecule has 5 aliphatic rings. The molecular weight excluding hydrogens is 408 g/mol. The van der Waals surface area contributed by atoms with Gasteiger partial charge in [-0.3, -0.25) is 0 Å². The van der Waals surface area contributed by atoms with Crippen LogP contribution in [0.3, 0.4) is 0 Å².